The van der Waals surface area contributed by atoms with Gasteiger partial charge < -0.3 is 10.1 Å². The summed E-state index contributed by atoms with van der Waals surface area (Å²) < 4.78 is 4.93. The second kappa shape index (κ2) is 4.28. The number of nitrogens with one attached hydrogen (secondary N) is 1. The molecule has 2 rings (SSSR count). The maximum absolute atomic E-state index is 11.3. The van der Waals surface area contributed by atoms with Gasteiger partial charge >= 0.3 is 5.97 Å². The van der Waals surface area contributed by atoms with Gasteiger partial charge in [0.05, 0.1) is 13.2 Å². The summed E-state index contributed by atoms with van der Waals surface area (Å²) in [7, 11) is 0. The van der Waals surface area contributed by atoms with Gasteiger partial charge in [-0.3, -0.25) is 9.69 Å². The van der Waals surface area contributed by atoms with Crippen molar-refractivity contribution in [1.82, 2.24) is 10.2 Å². The van der Waals surface area contributed by atoms with Crippen LogP contribution in [0.2, 0.25) is 0 Å². The first kappa shape index (κ1) is 9.93. The third kappa shape index (κ3) is 2.25. The van der Waals surface area contributed by atoms with Crippen LogP contribution in [0.1, 0.15) is 19.8 Å². The van der Waals surface area contributed by atoms with Crippen LogP contribution in [0, 0.1) is 0 Å². The lowest BCUT2D eigenvalue weighted by atomic mass is 10.2. The number of hydrogen-bond donors (Lipinski definition) is 1. The van der Waals surface area contributed by atoms with Crippen LogP contribution in [-0.4, -0.2) is 49.2 Å². The largest absolute Gasteiger partial charge is 0.465 e. The lowest BCUT2D eigenvalue weighted by Gasteiger charge is -2.31. The molecule has 14 heavy (non-hydrogen) atoms. The number of carbonyl (C=O) groups is 1. The standard InChI is InChI=1S/C10H18N2O2/c1-2-14-10(13)7-12-5-8-3-4-9(6-12)11-8/h8-9,11H,2-7H2,1H3. The maximum atomic E-state index is 11.3. The summed E-state index contributed by atoms with van der Waals surface area (Å²) in [6.45, 7) is 4.78. The summed E-state index contributed by atoms with van der Waals surface area (Å²) in [5.41, 5.74) is 0. The molecule has 2 saturated heterocycles. The van der Waals surface area contributed by atoms with E-state index in [0.29, 0.717) is 25.2 Å². The highest BCUT2D eigenvalue weighted by Gasteiger charge is 2.32. The van der Waals surface area contributed by atoms with Gasteiger partial charge in [0.2, 0.25) is 0 Å². The van der Waals surface area contributed by atoms with Gasteiger partial charge in [0.15, 0.2) is 0 Å². The lowest BCUT2D eigenvalue weighted by Crippen LogP contribution is -2.52. The first-order valence-corrected chi connectivity index (χ1v) is 5.42. The zero-order valence-electron chi connectivity index (χ0n) is 8.66. The van der Waals surface area contributed by atoms with Crippen LogP contribution in [-0.2, 0) is 9.53 Å². The average Bonchev–Trinajstić information content (AvgIpc) is 2.46. The smallest absolute Gasteiger partial charge is 0.320 e. The van der Waals surface area contributed by atoms with E-state index < -0.39 is 0 Å². The molecule has 1 N–H and O–H groups in total. The first-order valence-electron chi connectivity index (χ1n) is 5.42. The van der Waals surface area contributed by atoms with Crippen LogP contribution in [0.15, 0.2) is 0 Å². The van der Waals surface area contributed by atoms with Crippen molar-refractivity contribution < 1.29 is 9.53 Å². The Balaban J connectivity index is 1.79. The van der Waals surface area contributed by atoms with Gasteiger partial charge in [-0.15, -0.1) is 0 Å². The van der Waals surface area contributed by atoms with E-state index in [1.807, 2.05) is 6.92 Å². The Labute approximate surface area is 84.6 Å². The summed E-state index contributed by atoms with van der Waals surface area (Å²) in [5, 5.41) is 3.53. The van der Waals surface area contributed by atoms with E-state index >= 15 is 0 Å². The fourth-order valence-electron chi connectivity index (χ4n) is 2.41. The molecular formula is C10H18N2O2. The third-order valence-corrected chi connectivity index (χ3v) is 2.95. The molecule has 0 amide bonds. The fraction of sp³-hybridized carbons (Fsp3) is 0.900. The molecule has 0 spiro atoms. The van der Waals surface area contributed by atoms with Crippen LogP contribution >= 0.6 is 0 Å². The Hall–Kier alpha value is -0.610. The summed E-state index contributed by atoms with van der Waals surface area (Å²) in [5.74, 6) is -0.0891. The molecule has 4 nitrogen and oxygen atoms in total. The van der Waals surface area contributed by atoms with Crippen LogP contribution in [0.5, 0.6) is 0 Å². The minimum Gasteiger partial charge on any atom is -0.465 e. The number of rotatable bonds is 3. The predicted molar refractivity (Wildman–Crippen MR) is 53.0 cm³/mol. The number of carbonyl (C=O) groups excluding carboxylic acids is 1. The second-order valence-corrected chi connectivity index (χ2v) is 4.14. The van der Waals surface area contributed by atoms with Crippen molar-refractivity contribution in [2.75, 3.05) is 26.2 Å². The van der Waals surface area contributed by atoms with E-state index in [-0.39, 0.29) is 5.97 Å². The quantitative estimate of drug-likeness (QED) is 0.647. The van der Waals surface area contributed by atoms with Gasteiger partial charge in [0.25, 0.3) is 0 Å². The molecule has 2 heterocycles. The van der Waals surface area contributed by atoms with Crippen LogP contribution < -0.4 is 5.32 Å². The molecule has 2 bridgehead atoms. The summed E-state index contributed by atoms with van der Waals surface area (Å²) >= 11 is 0. The number of esters is 1. The van der Waals surface area contributed by atoms with E-state index in [1.165, 1.54) is 12.8 Å². The van der Waals surface area contributed by atoms with Gasteiger partial charge in [-0.2, -0.15) is 0 Å². The molecule has 0 radical (unpaired) electrons. The second-order valence-electron chi connectivity index (χ2n) is 4.14. The number of fused-ring (bicyclic) bond motifs is 2. The summed E-state index contributed by atoms with van der Waals surface area (Å²) in [4.78, 5) is 13.5. The molecular weight excluding hydrogens is 180 g/mol. The molecule has 2 aliphatic heterocycles. The lowest BCUT2D eigenvalue weighted by molar-refractivity contribution is -0.144. The summed E-state index contributed by atoms with van der Waals surface area (Å²) in [6.07, 6.45) is 2.51. The molecule has 4 heteroatoms. The maximum Gasteiger partial charge on any atom is 0.320 e. The molecule has 2 unspecified atom stereocenters. The van der Waals surface area contributed by atoms with Crippen molar-refractivity contribution in [3.05, 3.63) is 0 Å². The van der Waals surface area contributed by atoms with Gasteiger partial charge in [-0.05, 0) is 19.8 Å². The van der Waals surface area contributed by atoms with Crippen molar-refractivity contribution in [3.8, 4) is 0 Å². The highest BCUT2D eigenvalue weighted by molar-refractivity contribution is 5.71. The molecule has 2 fully saturated rings. The van der Waals surface area contributed by atoms with Crippen LogP contribution in [0.4, 0.5) is 0 Å². The van der Waals surface area contributed by atoms with Crippen molar-refractivity contribution in [1.29, 1.82) is 0 Å². The number of ether oxygens (including phenoxy) is 1. The molecule has 0 aliphatic carbocycles. The first-order chi connectivity index (χ1) is 6.78. The minimum atomic E-state index is -0.0891. The number of piperazine rings is 1. The predicted octanol–water partition coefficient (Wildman–Crippen LogP) is -0.0143. The van der Waals surface area contributed by atoms with Crippen LogP contribution in [0.25, 0.3) is 0 Å². The van der Waals surface area contributed by atoms with Gasteiger partial charge in [-0.1, -0.05) is 0 Å². The number of nitrogens with zero attached hydrogens (tertiary/aromatic N) is 1. The normalized spacial score (nSPS) is 31.8. The zero-order valence-corrected chi connectivity index (χ0v) is 8.66. The van der Waals surface area contributed by atoms with Gasteiger partial charge in [0, 0.05) is 25.2 Å². The van der Waals surface area contributed by atoms with E-state index in [2.05, 4.69) is 10.2 Å². The minimum absolute atomic E-state index is 0.0891. The Morgan fingerprint density at radius 1 is 1.43 bits per heavy atom. The third-order valence-electron chi connectivity index (χ3n) is 2.95. The van der Waals surface area contributed by atoms with Crippen molar-refractivity contribution in [2.45, 2.75) is 31.8 Å². The average molecular weight is 198 g/mol. The van der Waals surface area contributed by atoms with E-state index in [4.69, 9.17) is 4.74 Å². The molecule has 0 aromatic rings. The fourth-order valence-corrected chi connectivity index (χ4v) is 2.41. The Kier molecular flexibility index (Phi) is 3.03. The molecule has 0 aromatic heterocycles. The highest BCUT2D eigenvalue weighted by atomic mass is 16.5. The molecule has 0 saturated carbocycles. The topological polar surface area (TPSA) is 41.6 Å². The van der Waals surface area contributed by atoms with Crippen molar-refractivity contribution >= 4 is 5.97 Å². The Morgan fingerprint density at radius 3 is 2.64 bits per heavy atom. The monoisotopic (exact) mass is 198 g/mol. The van der Waals surface area contributed by atoms with E-state index in [9.17, 15) is 4.79 Å². The molecule has 80 valence electrons. The van der Waals surface area contributed by atoms with E-state index in [1.54, 1.807) is 0 Å². The SMILES string of the molecule is CCOC(=O)CN1CC2CCC(C1)N2. The zero-order chi connectivity index (χ0) is 9.97. The number of hydrogen-bond acceptors (Lipinski definition) is 4. The molecule has 2 atom stereocenters. The highest BCUT2D eigenvalue weighted by Crippen LogP contribution is 2.19. The molecule has 0 aromatic carbocycles. The summed E-state index contributed by atoms with van der Waals surface area (Å²) in [6, 6.07) is 1.20. The van der Waals surface area contributed by atoms with Crippen LogP contribution in [0.3, 0.4) is 0 Å². The Morgan fingerprint density at radius 2 is 2.07 bits per heavy atom. The number of likely N-dealkylation sites (tertiary alicyclic amines) is 1. The van der Waals surface area contributed by atoms with Gasteiger partial charge in [0.1, 0.15) is 0 Å². The van der Waals surface area contributed by atoms with Gasteiger partial charge in [-0.25, -0.2) is 0 Å². The van der Waals surface area contributed by atoms with Crippen molar-refractivity contribution in [2.24, 2.45) is 0 Å². The Bertz CT molecular complexity index is 208. The molecule has 2 aliphatic rings. The van der Waals surface area contributed by atoms with E-state index in [0.717, 1.165) is 13.1 Å². The van der Waals surface area contributed by atoms with Crippen molar-refractivity contribution in [3.63, 3.8) is 0 Å².